The number of hydrogen-bond acceptors (Lipinski definition) is 4. The van der Waals surface area contributed by atoms with E-state index < -0.39 is 0 Å². The molecule has 92 valence electrons. The lowest BCUT2D eigenvalue weighted by Crippen LogP contribution is -2.12. The molecule has 0 saturated heterocycles. The Balaban J connectivity index is 2.09. The topological polar surface area (TPSA) is 84.1 Å². The molecule has 1 aromatic heterocycles. The van der Waals surface area contributed by atoms with Crippen LogP contribution in [0.2, 0.25) is 0 Å². The van der Waals surface area contributed by atoms with Gasteiger partial charge in [-0.1, -0.05) is 0 Å². The predicted octanol–water partition coefficient (Wildman–Crippen LogP) is 2.03. The van der Waals surface area contributed by atoms with Crippen molar-refractivity contribution in [3.8, 4) is 5.75 Å². The Morgan fingerprint density at radius 2 is 1.94 bits per heavy atom. The van der Waals surface area contributed by atoms with Crippen LogP contribution in [0.25, 0.3) is 0 Å². The summed E-state index contributed by atoms with van der Waals surface area (Å²) in [6.07, 6.45) is 1.49. The van der Waals surface area contributed by atoms with Crippen LogP contribution in [0, 0.1) is 6.92 Å². The average molecular weight is 243 g/mol. The Kier molecular flexibility index (Phi) is 3.43. The Morgan fingerprint density at radius 3 is 2.56 bits per heavy atom. The zero-order valence-electron chi connectivity index (χ0n) is 9.87. The molecule has 0 atom stereocenters. The van der Waals surface area contributed by atoms with Gasteiger partial charge in [0.05, 0.1) is 6.21 Å². The Bertz CT molecular complexity index is 583. The molecule has 0 saturated carbocycles. The highest BCUT2D eigenvalue weighted by Gasteiger charge is 1.97. The molecule has 5 heteroatoms. The van der Waals surface area contributed by atoms with Gasteiger partial charge in [0, 0.05) is 5.56 Å². The van der Waals surface area contributed by atoms with Crippen molar-refractivity contribution in [2.75, 3.05) is 0 Å². The third-order valence-corrected chi connectivity index (χ3v) is 2.27. The van der Waals surface area contributed by atoms with Crippen LogP contribution >= 0.6 is 0 Å². The van der Waals surface area contributed by atoms with Gasteiger partial charge in [-0.3, -0.25) is 0 Å². The first-order chi connectivity index (χ1) is 8.65. The first-order valence-corrected chi connectivity index (χ1v) is 5.37. The Morgan fingerprint density at radius 1 is 1.22 bits per heavy atom. The number of nitrogens with zero attached hydrogens (tertiary/aromatic N) is 2. The molecule has 0 aliphatic carbocycles. The van der Waals surface area contributed by atoms with Gasteiger partial charge in [-0.05, 0) is 43.3 Å². The highest BCUT2D eigenvalue weighted by Crippen LogP contribution is 2.09. The van der Waals surface area contributed by atoms with Crippen molar-refractivity contribution < 1.29 is 9.52 Å². The summed E-state index contributed by atoms with van der Waals surface area (Å²) in [7, 11) is 0. The van der Waals surface area contributed by atoms with Crippen LogP contribution in [-0.2, 0) is 0 Å². The summed E-state index contributed by atoms with van der Waals surface area (Å²) in [4.78, 5) is 0. The van der Waals surface area contributed by atoms with Crippen LogP contribution in [0.5, 0.6) is 5.75 Å². The third-order valence-electron chi connectivity index (χ3n) is 2.27. The van der Waals surface area contributed by atoms with Crippen molar-refractivity contribution in [3.63, 3.8) is 0 Å². The largest absolute Gasteiger partial charge is 0.508 e. The van der Waals surface area contributed by atoms with Gasteiger partial charge in [-0.25, -0.2) is 0 Å². The number of nitrogens with two attached hydrogens (primary N) is 1. The Labute approximate surface area is 104 Å². The minimum Gasteiger partial charge on any atom is -0.508 e. The van der Waals surface area contributed by atoms with E-state index in [1.165, 1.54) is 18.3 Å². The molecule has 18 heavy (non-hydrogen) atoms. The molecule has 3 N–H and O–H groups in total. The van der Waals surface area contributed by atoms with Crippen molar-refractivity contribution in [3.05, 3.63) is 53.5 Å². The zero-order valence-corrected chi connectivity index (χ0v) is 9.87. The van der Waals surface area contributed by atoms with E-state index in [9.17, 15) is 0 Å². The normalized spacial score (nSPS) is 12.2. The van der Waals surface area contributed by atoms with E-state index in [4.69, 9.17) is 15.3 Å². The number of rotatable bonds is 3. The molecule has 1 heterocycles. The smallest absolute Gasteiger partial charge is 0.153 e. The number of benzene rings is 1. The summed E-state index contributed by atoms with van der Waals surface area (Å²) in [6.45, 7) is 1.85. The highest BCUT2D eigenvalue weighted by atomic mass is 16.3. The van der Waals surface area contributed by atoms with Crippen LogP contribution in [-0.4, -0.2) is 17.2 Å². The molecular weight excluding hydrogens is 230 g/mol. The van der Waals surface area contributed by atoms with Gasteiger partial charge in [-0.15, -0.1) is 5.10 Å². The van der Waals surface area contributed by atoms with Crippen LogP contribution in [0.4, 0.5) is 0 Å². The monoisotopic (exact) mass is 243 g/mol. The van der Waals surface area contributed by atoms with Crippen LogP contribution in [0.1, 0.15) is 17.1 Å². The summed E-state index contributed by atoms with van der Waals surface area (Å²) < 4.78 is 5.29. The molecule has 0 aliphatic rings. The zero-order chi connectivity index (χ0) is 13.0. The maximum absolute atomic E-state index is 9.14. The maximum Gasteiger partial charge on any atom is 0.153 e. The fourth-order valence-electron chi connectivity index (χ4n) is 1.36. The standard InChI is InChI=1S/C13H13N3O2/c1-9-2-7-12(18-9)8-15-16-13(14)10-3-5-11(17)6-4-10/h2-8,17H,1H3,(H2,14,16). The molecule has 0 aliphatic heterocycles. The lowest BCUT2D eigenvalue weighted by molar-refractivity contribution is 0.475. The molecule has 0 radical (unpaired) electrons. The molecule has 0 bridgehead atoms. The summed E-state index contributed by atoms with van der Waals surface area (Å²) >= 11 is 0. The van der Waals surface area contributed by atoms with Crippen molar-refractivity contribution in [2.24, 2.45) is 15.9 Å². The second-order valence-corrected chi connectivity index (χ2v) is 3.73. The molecule has 0 unspecified atom stereocenters. The summed E-state index contributed by atoms with van der Waals surface area (Å²) in [5, 5.41) is 16.8. The van der Waals surface area contributed by atoms with E-state index in [-0.39, 0.29) is 11.6 Å². The highest BCUT2D eigenvalue weighted by molar-refractivity contribution is 5.97. The molecule has 2 rings (SSSR count). The lowest BCUT2D eigenvalue weighted by Gasteiger charge is -1.97. The number of phenolic OH excluding ortho intramolecular Hbond substituents is 1. The van der Waals surface area contributed by atoms with Gasteiger partial charge in [-0.2, -0.15) is 5.10 Å². The molecule has 0 amide bonds. The molecule has 0 spiro atoms. The Hall–Kier alpha value is -2.56. The van der Waals surface area contributed by atoms with Crippen LogP contribution in [0.3, 0.4) is 0 Å². The molecule has 0 fully saturated rings. The number of aromatic hydroxyl groups is 1. The maximum atomic E-state index is 9.14. The van der Waals surface area contributed by atoms with Crippen molar-refractivity contribution in [1.29, 1.82) is 0 Å². The minimum atomic E-state index is 0.182. The lowest BCUT2D eigenvalue weighted by atomic mass is 10.2. The number of furan rings is 1. The quantitative estimate of drug-likeness (QED) is 0.491. The number of aryl methyl sites for hydroxylation is 1. The SMILES string of the molecule is Cc1ccc(C=NN=C(N)c2ccc(O)cc2)o1. The van der Waals surface area contributed by atoms with Crippen LogP contribution in [0.15, 0.2) is 51.0 Å². The van der Waals surface area contributed by atoms with Crippen molar-refractivity contribution in [2.45, 2.75) is 6.92 Å². The van der Waals surface area contributed by atoms with Crippen LogP contribution < -0.4 is 5.73 Å². The molecule has 1 aromatic carbocycles. The van der Waals surface area contributed by atoms with E-state index in [0.717, 1.165) is 5.76 Å². The van der Waals surface area contributed by atoms with Gasteiger partial charge in [0.25, 0.3) is 0 Å². The first kappa shape index (κ1) is 11.9. The van der Waals surface area contributed by atoms with E-state index >= 15 is 0 Å². The summed E-state index contributed by atoms with van der Waals surface area (Å²) in [6, 6.07) is 10.1. The van der Waals surface area contributed by atoms with Gasteiger partial charge in [0.1, 0.15) is 17.3 Å². The van der Waals surface area contributed by atoms with Gasteiger partial charge in [0.15, 0.2) is 5.84 Å². The molecule has 5 nitrogen and oxygen atoms in total. The third kappa shape index (κ3) is 2.98. The van der Waals surface area contributed by atoms with Gasteiger partial charge in [0.2, 0.25) is 0 Å². The minimum absolute atomic E-state index is 0.182. The fourth-order valence-corrected chi connectivity index (χ4v) is 1.36. The average Bonchev–Trinajstić information content (AvgIpc) is 2.76. The number of hydrogen-bond donors (Lipinski definition) is 2. The molecule has 2 aromatic rings. The molecular formula is C13H13N3O2. The fraction of sp³-hybridized carbons (Fsp3) is 0.0769. The van der Waals surface area contributed by atoms with E-state index in [0.29, 0.717) is 11.3 Å². The second kappa shape index (κ2) is 5.18. The van der Waals surface area contributed by atoms with Crippen molar-refractivity contribution in [1.82, 2.24) is 0 Å². The predicted molar refractivity (Wildman–Crippen MR) is 69.9 cm³/mol. The van der Waals surface area contributed by atoms with E-state index in [2.05, 4.69) is 10.2 Å². The van der Waals surface area contributed by atoms with Gasteiger partial charge < -0.3 is 15.3 Å². The first-order valence-electron chi connectivity index (χ1n) is 5.37. The second-order valence-electron chi connectivity index (χ2n) is 3.73. The summed E-state index contributed by atoms with van der Waals surface area (Å²) in [5.74, 6) is 1.89. The summed E-state index contributed by atoms with van der Waals surface area (Å²) in [5.41, 5.74) is 6.43. The van der Waals surface area contributed by atoms with Crippen molar-refractivity contribution >= 4 is 12.1 Å². The number of amidine groups is 1. The van der Waals surface area contributed by atoms with Gasteiger partial charge >= 0.3 is 0 Å². The van der Waals surface area contributed by atoms with E-state index in [1.54, 1.807) is 18.2 Å². The number of phenols is 1. The van der Waals surface area contributed by atoms with E-state index in [1.807, 2.05) is 13.0 Å².